The van der Waals surface area contributed by atoms with Crippen LogP contribution in [0.15, 0.2) is 46.2 Å². The van der Waals surface area contributed by atoms with Gasteiger partial charge in [-0.25, -0.2) is 26.4 Å². The SMILES string of the molecule is COC(=O)c1cc(CC#N)cc(S(C)(=O)=O)c1.CS(=O)(=O)c1cc(CC#N)cc(C(=O)O)c1. The summed E-state index contributed by atoms with van der Waals surface area (Å²) in [6.45, 7) is 0. The van der Waals surface area contributed by atoms with Crippen molar-refractivity contribution in [3.8, 4) is 12.1 Å². The van der Waals surface area contributed by atoms with Crippen molar-refractivity contribution in [1.82, 2.24) is 0 Å². The molecule has 174 valence electrons. The minimum Gasteiger partial charge on any atom is -0.478 e. The van der Waals surface area contributed by atoms with Gasteiger partial charge in [0.1, 0.15) is 0 Å². The number of nitrogens with zero attached hydrogens (tertiary/aromatic N) is 2. The molecule has 33 heavy (non-hydrogen) atoms. The maximum absolute atomic E-state index is 11.4. The Labute approximate surface area is 191 Å². The number of benzene rings is 2. The van der Waals surface area contributed by atoms with E-state index in [1.54, 1.807) is 0 Å². The summed E-state index contributed by atoms with van der Waals surface area (Å²) in [6, 6.07) is 11.5. The molecule has 0 unspecified atom stereocenters. The van der Waals surface area contributed by atoms with Crippen molar-refractivity contribution in [2.45, 2.75) is 22.6 Å². The number of hydrogen-bond acceptors (Lipinski definition) is 9. The van der Waals surface area contributed by atoms with Crippen molar-refractivity contribution in [3.05, 3.63) is 58.7 Å². The summed E-state index contributed by atoms with van der Waals surface area (Å²) >= 11 is 0. The first kappa shape index (κ1) is 27.3. The molecule has 12 heteroatoms. The number of carboxylic acid groups (broad SMARTS) is 1. The van der Waals surface area contributed by atoms with E-state index >= 15 is 0 Å². The molecular formula is C21H20N2O8S2. The average Bonchev–Trinajstić information content (AvgIpc) is 2.72. The Morgan fingerprint density at radius 1 is 0.818 bits per heavy atom. The zero-order chi connectivity index (χ0) is 25.4. The largest absolute Gasteiger partial charge is 0.478 e. The lowest BCUT2D eigenvalue weighted by atomic mass is 10.1. The molecule has 0 amide bonds. The van der Waals surface area contributed by atoms with Gasteiger partial charge in [0.2, 0.25) is 0 Å². The highest BCUT2D eigenvalue weighted by atomic mass is 32.2. The predicted molar refractivity (Wildman–Crippen MR) is 116 cm³/mol. The number of carbonyl (C=O) groups excluding carboxylic acids is 1. The van der Waals surface area contributed by atoms with E-state index in [0.717, 1.165) is 18.6 Å². The van der Waals surface area contributed by atoms with Crippen LogP contribution in [-0.2, 0) is 37.3 Å². The minimum atomic E-state index is -3.47. The molecule has 0 aliphatic carbocycles. The number of carboxylic acids is 1. The van der Waals surface area contributed by atoms with Gasteiger partial charge in [0.15, 0.2) is 19.7 Å². The van der Waals surface area contributed by atoms with E-state index in [1.807, 2.05) is 12.1 Å². The van der Waals surface area contributed by atoms with E-state index in [2.05, 4.69) is 4.74 Å². The Morgan fingerprint density at radius 2 is 1.21 bits per heavy atom. The molecule has 0 saturated carbocycles. The smallest absolute Gasteiger partial charge is 0.337 e. The fraction of sp³-hybridized carbons (Fsp3) is 0.238. The Morgan fingerprint density at radius 3 is 1.55 bits per heavy atom. The second-order valence-corrected chi connectivity index (χ2v) is 10.8. The lowest BCUT2D eigenvalue weighted by molar-refractivity contribution is 0.0599. The summed E-state index contributed by atoms with van der Waals surface area (Å²) in [4.78, 5) is 22.0. The summed E-state index contributed by atoms with van der Waals surface area (Å²) in [7, 11) is -5.69. The van der Waals surface area contributed by atoms with Crippen LogP contribution < -0.4 is 0 Å². The lowest BCUT2D eigenvalue weighted by Gasteiger charge is -2.05. The van der Waals surface area contributed by atoms with Crippen LogP contribution in [0.3, 0.4) is 0 Å². The molecule has 0 atom stereocenters. The monoisotopic (exact) mass is 492 g/mol. The van der Waals surface area contributed by atoms with Crippen LogP contribution in [0.5, 0.6) is 0 Å². The molecule has 1 N–H and O–H groups in total. The molecule has 2 aromatic carbocycles. The number of ether oxygens (including phenoxy) is 1. The van der Waals surface area contributed by atoms with Crippen LogP contribution in [0.2, 0.25) is 0 Å². The van der Waals surface area contributed by atoms with Crippen LogP contribution in [0.25, 0.3) is 0 Å². The maximum Gasteiger partial charge on any atom is 0.337 e. The van der Waals surface area contributed by atoms with Crippen molar-refractivity contribution >= 4 is 31.6 Å². The Balaban J connectivity index is 0.000000331. The van der Waals surface area contributed by atoms with Gasteiger partial charge in [-0.2, -0.15) is 10.5 Å². The lowest BCUT2D eigenvalue weighted by Crippen LogP contribution is -2.06. The standard InChI is InChI=1S/C11H11NO4S.C10H9NO4S/c1-16-11(13)9-5-8(3-4-12)6-10(7-9)17(2,14)15;1-16(14,15)9-5-7(2-3-11)4-8(6-9)10(12)13/h5-7H,3H2,1-2H3;4-6H,2H2,1H3,(H,12,13). The number of esters is 1. The second-order valence-electron chi connectivity index (χ2n) is 6.74. The average molecular weight is 493 g/mol. The van der Waals surface area contributed by atoms with Gasteiger partial charge in [-0.1, -0.05) is 0 Å². The highest BCUT2D eigenvalue weighted by Gasteiger charge is 2.15. The molecule has 0 aliphatic rings. The Bertz CT molecular complexity index is 1370. The third kappa shape index (κ3) is 8.37. The minimum absolute atomic E-state index is 0.00523. The van der Waals surface area contributed by atoms with Crippen LogP contribution in [-0.4, -0.2) is 53.5 Å². The third-order valence-electron chi connectivity index (χ3n) is 4.02. The molecular weight excluding hydrogens is 472 g/mol. The van der Waals surface area contributed by atoms with Gasteiger partial charge >= 0.3 is 11.9 Å². The quantitative estimate of drug-likeness (QED) is 0.584. The maximum atomic E-state index is 11.4. The van der Waals surface area contributed by atoms with Crippen molar-refractivity contribution in [3.63, 3.8) is 0 Å². The molecule has 10 nitrogen and oxygen atoms in total. The Hall–Kier alpha value is -3.74. The summed E-state index contributed by atoms with van der Waals surface area (Å²) in [5.41, 5.74) is 0.840. The molecule has 2 rings (SSSR count). The molecule has 0 radical (unpaired) electrons. The number of nitriles is 2. The van der Waals surface area contributed by atoms with Gasteiger partial charge in [0.05, 0.1) is 53.0 Å². The summed E-state index contributed by atoms with van der Waals surface area (Å²) in [5, 5.41) is 25.9. The zero-order valence-corrected chi connectivity index (χ0v) is 19.5. The molecule has 0 bridgehead atoms. The molecule has 2 aromatic rings. The number of methoxy groups -OCH3 is 1. The summed E-state index contributed by atoms with van der Waals surface area (Å²) in [5.74, 6) is -1.85. The predicted octanol–water partition coefficient (Wildman–Crippen LogP) is 1.80. The topological polar surface area (TPSA) is 179 Å². The van der Waals surface area contributed by atoms with Crippen molar-refractivity contribution in [2.24, 2.45) is 0 Å². The highest BCUT2D eigenvalue weighted by Crippen LogP contribution is 2.17. The number of hydrogen-bond donors (Lipinski definition) is 1. The Kier molecular flexibility index (Phi) is 9.28. The van der Waals surface area contributed by atoms with E-state index in [0.29, 0.717) is 11.1 Å². The van der Waals surface area contributed by atoms with E-state index in [1.165, 1.54) is 37.4 Å². The molecule has 0 saturated heterocycles. The number of aromatic carboxylic acids is 1. The first-order valence-electron chi connectivity index (χ1n) is 8.96. The van der Waals surface area contributed by atoms with Crippen molar-refractivity contribution in [1.29, 1.82) is 10.5 Å². The molecule has 0 spiro atoms. The number of carbonyl (C=O) groups is 2. The van der Waals surface area contributed by atoms with Gasteiger partial charge in [-0.3, -0.25) is 0 Å². The van der Waals surface area contributed by atoms with Crippen LogP contribution in [0.1, 0.15) is 31.8 Å². The second kappa shape index (κ2) is 11.2. The van der Waals surface area contributed by atoms with Gasteiger partial charge in [0, 0.05) is 12.5 Å². The summed E-state index contributed by atoms with van der Waals surface area (Å²) < 4.78 is 49.9. The first-order chi connectivity index (χ1) is 15.2. The van der Waals surface area contributed by atoms with Gasteiger partial charge < -0.3 is 9.84 Å². The van der Waals surface area contributed by atoms with Crippen LogP contribution in [0.4, 0.5) is 0 Å². The molecule has 0 fully saturated rings. The van der Waals surface area contributed by atoms with Crippen LogP contribution in [0, 0.1) is 22.7 Å². The normalized spacial score (nSPS) is 10.7. The van der Waals surface area contributed by atoms with Gasteiger partial charge in [0.25, 0.3) is 0 Å². The molecule has 0 aliphatic heterocycles. The van der Waals surface area contributed by atoms with Gasteiger partial charge in [-0.05, 0) is 47.5 Å². The number of sulfone groups is 2. The summed E-state index contributed by atoms with van der Waals surface area (Å²) in [6.07, 6.45) is 2.04. The molecule has 0 aromatic heterocycles. The number of rotatable bonds is 6. The first-order valence-corrected chi connectivity index (χ1v) is 12.7. The van der Waals surface area contributed by atoms with Gasteiger partial charge in [-0.15, -0.1) is 0 Å². The fourth-order valence-corrected chi connectivity index (χ4v) is 3.91. The van der Waals surface area contributed by atoms with Crippen LogP contribution >= 0.6 is 0 Å². The van der Waals surface area contributed by atoms with E-state index in [4.69, 9.17) is 15.6 Å². The zero-order valence-electron chi connectivity index (χ0n) is 17.9. The van der Waals surface area contributed by atoms with E-state index in [-0.39, 0.29) is 33.8 Å². The van der Waals surface area contributed by atoms with E-state index in [9.17, 15) is 26.4 Å². The third-order valence-corrected chi connectivity index (χ3v) is 6.21. The van der Waals surface area contributed by atoms with Crippen molar-refractivity contribution < 1.29 is 36.3 Å². The highest BCUT2D eigenvalue weighted by molar-refractivity contribution is 7.91. The van der Waals surface area contributed by atoms with Crippen molar-refractivity contribution in [2.75, 3.05) is 19.6 Å². The van der Waals surface area contributed by atoms with E-state index < -0.39 is 31.6 Å². The molecule has 0 heterocycles. The fourth-order valence-electron chi connectivity index (χ4n) is 2.50.